The van der Waals surface area contributed by atoms with E-state index >= 15 is 0 Å². The molecule has 0 aromatic carbocycles. The van der Waals surface area contributed by atoms with Crippen LogP contribution in [-0.4, -0.2) is 17.6 Å². The van der Waals surface area contributed by atoms with E-state index < -0.39 is 0 Å². The predicted octanol–water partition coefficient (Wildman–Crippen LogP) is 3.36. The van der Waals surface area contributed by atoms with Gasteiger partial charge in [0.05, 0.1) is 0 Å². The minimum Gasteiger partial charge on any atom is -0.382 e. The highest BCUT2D eigenvalue weighted by molar-refractivity contribution is 5.52. The van der Waals surface area contributed by atoms with Gasteiger partial charge in [0, 0.05) is 30.5 Å². The van der Waals surface area contributed by atoms with Gasteiger partial charge in [0.25, 0.3) is 0 Å². The topological polar surface area (TPSA) is 37.0 Å². The zero-order chi connectivity index (χ0) is 12.0. The third-order valence-corrected chi connectivity index (χ3v) is 2.71. The first-order chi connectivity index (χ1) is 7.67. The van der Waals surface area contributed by atoms with Gasteiger partial charge in [-0.25, -0.2) is 4.98 Å². The maximum Gasteiger partial charge on any atom is 0.127 e. The lowest BCUT2D eigenvalue weighted by Gasteiger charge is -2.22. The second kappa shape index (κ2) is 6.36. The molecule has 0 aliphatic rings. The maximum atomic E-state index is 4.26. The molecule has 0 spiro atoms. The Morgan fingerprint density at radius 2 is 2.06 bits per heavy atom. The summed E-state index contributed by atoms with van der Waals surface area (Å²) in [7, 11) is 0. The quantitative estimate of drug-likeness (QED) is 0.773. The fraction of sp³-hybridized carbons (Fsp3) is 0.615. The fourth-order valence-corrected chi connectivity index (χ4v) is 1.75. The molecule has 3 nitrogen and oxygen atoms in total. The summed E-state index contributed by atoms with van der Waals surface area (Å²) in [4.78, 5) is 4.26. The number of hydrogen-bond acceptors (Lipinski definition) is 3. The Morgan fingerprint density at radius 1 is 1.31 bits per heavy atom. The molecule has 1 heterocycles. The van der Waals surface area contributed by atoms with E-state index in [4.69, 9.17) is 0 Å². The van der Waals surface area contributed by atoms with Gasteiger partial charge >= 0.3 is 0 Å². The van der Waals surface area contributed by atoms with Crippen molar-refractivity contribution in [3.05, 3.63) is 18.3 Å². The summed E-state index contributed by atoms with van der Waals surface area (Å²) in [6, 6.07) is 4.61. The van der Waals surface area contributed by atoms with Crippen LogP contribution in [0.3, 0.4) is 0 Å². The Hall–Kier alpha value is -1.25. The van der Waals surface area contributed by atoms with Crippen LogP contribution in [0.1, 0.15) is 34.1 Å². The minimum absolute atomic E-state index is 0.525. The van der Waals surface area contributed by atoms with Crippen LogP contribution in [0, 0.1) is 5.92 Å². The molecular formula is C13H23N3. The number of rotatable bonds is 6. The highest BCUT2D eigenvalue weighted by Crippen LogP contribution is 2.17. The Kier molecular flexibility index (Phi) is 5.09. The SMILES string of the molecule is CCNc1cc(NC(CC)C(C)C)ccn1. The average Bonchev–Trinajstić information content (AvgIpc) is 2.26. The molecule has 0 fully saturated rings. The van der Waals surface area contributed by atoms with E-state index in [0.717, 1.165) is 24.5 Å². The van der Waals surface area contributed by atoms with Crippen molar-refractivity contribution in [1.29, 1.82) is 0 Å². The van der Waals surface area contributed by atoms with Crippen LogP contribution in [0.25, 0.3) is 0 Å². The number of nitrogens with one attached hydrogen (secondary N) is 2. The summed E-state index contributed by atoms with van der Waals surface area (Å²) < 4.78 is 0. The van der Waals surface area contributed by atoms with E-state index in [1.165, 1.54) is 0 Å². The molecule has 1 rings (SSSR count). The first-order valence-electron chi connectivity index (χ1n) is 6.13. The molecule has 0 radical (unpaired) electrons. The standard InChI is InChI=1S/C13H23N3/c1-5-12(10(3)4)16-11-7-8-15-13(9-11)14-6-2/h7-10,12H,5-6H2,1-4H3,(H2,14,15,16). The number of pyridine rings is 1. The van der Waals surface area contributed by atoms with Gasteiger partial charge < -0.3 is 10.6 Å². The number of aromatic nitrogens is 1. The Balaban J connectivity index is 2.68. The van der Waals surface area contributed by atoms with Gasteiger partial charge in [0.2, 0.25) is 0 Å². The molecule has 16 heavy (non-hydrogen) atoms. The van der Waals surface area contributed by atoms with Gasteiger partial charge in [-0.1, -0.05) is 20.8 Å². The molecule has 3 heteroatoms. The highest BCUT2D eigenvalue weighted by Gasteiger charge is 2.10. The van der Waals surface area contributed by atoms with Crippen molar-refractivity contribution >= 4 is 11.5 Å². The van der Waals surface area contributed by atoms with E-state index in [2.05, 4.69) is 49.4 Å². The van der Waals surface area contributed by atoms with E-state index in [0.29, 0.717) is 12.0 Å². The molecule has 1 aromatic rings. The predicted molar refractivity (Wildman–Crippen MR) is 70.9 cm³/mol. The number of hydrogen-bond donors (Lipinski definition) is 2. The van der Waals surface area contributed by atoms with Crippen LogP contribution in [-0.2, 0) is 0 Å². The van der Waals surface area contributed by atoms with Gasteiger partial charge in [0.15, 0.2) is 0 Å². The molecule has 1 unspecified atom stereocenters. The van der Waals surface area contributed by atoms with Crippen molar-refractivity contribution in [2.24, 2.45) is 5.92 Å². The first-order valence-corrected chi connectivity index (χ1v) is 6.13. The third kappa shape index (κ3) is 3.72. The molecule has 0 aliphatic heterocycles. The summed E-state index contributed by atoms with van der Waals surface area (Å²) in [6.45, 7) is 9.67. The molecule has 0 bridgehead atoms. The fourth-order valence-electron chi connectivity index (χ4n) is 1.75. The van der Waals surface area contributed by atoms with Crippen LogP contribution in [0.4, 0.5) is 11.5 Å². The molecule has 1 aromatic heterocycles. The van der Waals surface area contributed by atoms with E-state index in [9.17, 15) is 0 Å². The average molecular weight is 221 g/mol. The molecule has 0 aliphatic carbocycles. The molecule has 2 N–H and O–H groups in total. The van der Waals surface area contributed by atoms with Crippen molar-refractivity contribution < 1.29 is 0 Å². The van der Waals surface area contributed by atoms with E-state index in [-0.39, 0.29) is 0 Å². The van der Waals surface area contributed by atoms with Crippen molar-refractivity contribution in [1.82, 2.24) is 4.98 Å². The van der Waals surface area contributed by atoms with Gasteiger partial charge in [-0.15, -0.1) is 0 Å². The summed E-state index contributed by atoms with van der Waals surface area (Å²) >= 11 is 0. The van der Waals surface area contributed by atoms with E-state index in [1.54, 1.807) is 0 Å². The molecular weight excluding hydrogens is 198 g/mol. The lowest BCUT2D eigenvalue weighted by molar-refractivity contribution is 0.511. The maximum absolute atomic E-state index is 4.26. The van der Waals surface area contributed by atoms with Crippen molar-refractivity contribution in [2.45, 2.75) is 40.2 Å². The summed E-state index contributed by atoms with van der Waals surface area (Å²) in [5.74, 6) is 1.58. The summed E-state index contributed by atoms with van der Waals surface area (Å²) in [5.41, 5.74) is 1.14. The van der Waals surface area contributed by atoms with Crippen molar-refractivity contribution in [3.8, 4) is 0 Å². The zero-order valence-corrected chi connectivity index (χ0v) is 10.7. The van der Waals surface area contributed by atoms with Gasteiger partial charge in [0.1, 0.15) is 5.82 Å². The molecule has 0 saturated carbocycles. The van der Waals surface area contributed by atoms with Crippen molar-refractivity contribution in [3.63, 3.8) is 0 Å². The zero-order valence-electron chi connectivity index (χ0n) is 10.7. The largest absolute Gasteiger partial charge is 0.382 e. The minimum atomic E-state index is 0.525. The van der Waals surface area contributed by atoms with Gasteiger partial charge in [-0.2, -0.15) is 0 Å². The number of nitrogens with zero attached hydrogens (tertiary/aromatic N) is 1. The van der Waals surface area contributed by atoms with Crippen LogP contribution < -0.4 is 10.6 Å². The van der Waals surface area contributed by atoms with Crippen LogP contribution in [0.5, 0.6) is 0 Å². The van der Waals surface area contributed by atoms with Crippen LogP contribution >= 0.6 is 0 Å². The lowest BCUT2D eigenvalue weighted by atomic mass is 10.0. The van der Waals surface area contributed by atoms with Crippen LogP contribution in [0.2, 0.25) is 0 Å². The van der Waals surface area contributed by atoms with Gasteiger partial charge in [-0.05, 0) is 25.3 Å². The first kappa shape index (κ1) is 12.8. The summed E-state index contributed by atoms with van der Waals surface area (Å²) in [6.07, 6.45) is 2.98. The van der Waals surface area contributed by atoms with E-state index in [1.807, 2.05) is 12.3 Å². The second-order valence-electron chi connectivity index (χ2n) is 4.36. The molecule has 90 valence electrons. The van der Waals surface area contributed by atoms with Crippen LogP contribution in [0.15, 0.2) is 18.3 Å². The van der Waals surface area contributed by atoms with Crippen molar-refractivity contribution in [2.75, 3.05) is 17.2 Å². The Morgan fingerprint density at radius 3 is 2.62 bits per heavy atom. The number of anilines is 2. The second-order valence-corrected chi connectivity index (χ2v) is 4.36. The molecule has 0 amide bonds. The Bertz CT molecular complexity index is 310. The highest BCUT2D eigenvalue weighted by atomic mass is 15.0. The molecule has 0 saturated heterocycles. The smallest absolute Gasteiger partial charge is 0.127 e. The van der Waals surface area contributed by atoms with Gasteiger partial charge in [-0.3, -0.25) is 0 Å². The monoisotopic (exact) mass is 221 g/mol. The lowest BCUT2D eigenvalue weighted by Crippen LogP contribution is -2.24. The Labute approximate surface area is 98.7 Å². The summed E-state index contributed by atoms with van der Waals surface area (Å²) in [5, 5.41) is 6.76. The molecule has 1 atom stereocenters. The third-order valence-electron chi connectivity index (χ3n) is 2.71. The normalized spacial score (nSPS) is 12.6.